The molecule has 2 fully saturated rings. The Hall–Kier alpha value is -4.85. The maximum atomic E-state index is 13.8. The molecule has 2 rings (SSSR count). The second-order valence-corrected chi connectivity index (χ2v) is 22.1. The fourth-order valence-electron chi connectivity index (χ4n) is 10.6. The molecule has 1 aliphatic heterocycles. The van der Waals surface area contributed by atoms with Gasteiger partial charge in [-0.3, -0.25) is 43.2 Å². The van der Waals surface area contributed by atoms with Crippen LogP contribution in [0.2, 0.25) is 0 Å². The summed E-state index contributed by atoms with van der Waals surface area (Å²) < 4.78 is 64.4. The molecule has 0 radical (unpaired) electrons. The van der Waals surface area contributed by atoms with Gasteiger partial charge in [-0.1, -0.05) is 181 Å². The van der Waals surface area contributed by atoms with Crippen molar-refractivity contribution in [2.45, 2.75) is 323 Å². The van der Waals surface area contributed by atoms with Gasteiger partial charge >= 0.3 is 53.7 Å². The van der Waals surface area contributed by atoms with Crippen LogP contribution in [0.4, 0.5) is 0 Å². The normalized spacial score (nSPS) is 23.7. The Balaban J connectivity index is 2.45. The van der Waals surface area contributed by atoms with Crippen LogP contribution in [0.5, 0.6) is 0 Å². The number of rotatable bonds is 42. The van der Waals surface area contributed by atoms with Crippen LogP contribution >= 0.6 is 0 Å². The molecule has 1 heterocycles. The van der Waals surface area contributed by atoms with E-state index in [0.29, 0.717) is 12.8 Å². The Labute approximate surface area is 482 Å². The van der Waals surface area contributed by atoms with Crippen LogP contribution < -0.4 is 0 Å². The van der Waals surface area contributed by atoms with Gasteiger partial charge in [0.1, 0.15) is 18.8 Å². The van der Waals surface area contributed by atoms with Crippen molar-refractivity contribution in [2.24, 2.45) is 5.92 Å². The van der Waals surface area contributed by atoms with Crippen LogP contribution in [0.1, 0.15) is 255 Å². The fourth-order valence-corrected chi connectivity index (χ4v) is 10.6. The topological polar surface area (TPSA) is 255 Å². The zero-order valence-electron chi connectivity index (χ0n) is 50.8. The summed E-state index contributed by atoms with van der Waals surface area (Å²) in [6, 6.07) is 0. The van der Waals surface area contributed by atoms with Crippen LogP contribution in [-0.4, -0.2) is 128 Å². The summed E-state index contributed by atoms with van der Waals surface area (Å²) in [5.74, 6) is -7.40. The Morgan fingerprint density at radius 2 is 0.617 bits per heavy atom. The van der Waals surface area contributed by atoms with Crippen molar-refractivity contribution >= 4 is 53.7 Å². The number of unbranched alkanes of at least 4 members (excludes halogenated alkanes) is 22. The van der Waals surface area contributed by atoms with Gasteiger partial charge in [-0.15, -0.1) is 0 Å². The van der Waals surface area contributed by atoms with Crippen molar-refractivity contribution < 1.29 is 95.3 Å². The molecule has 0 amide bonds. The first-order valence-electron chi connectivity index (χ1n) is 30.5. The van der Waals surface area contributed by atoms with E-state index in [0.717, 1.165) is 112 Å². The lowest BCUT2D eigenvalue weighted by molar-refractivity contribution is -0.343. The van der Waals surface area contributed by atoms with Crippen molar-refractivity contribution in [3.63, 3.8) is 0 Å². The van der Waals surface area contributed by atoms with E-state index in [-0.39, 0.29) is 12.8 Å². The van der Waals surface area contributed by atoms with Gasteiger partial charge < -0.3 is 52.1 Å². The maximum absolute atomic E-state index is 13.8. The molecule has 0 aromatic carbocycles. The van der Waals surface area contributed by atoms with Crippen molar-refractivity contribution in [1.29, 1.82) is 0 Å². The van der Waals surface area contributed by atoms with Gasteiger partial charge in [0, 0.05) is 61.3 Å². The molecule has 1 saturated heterocycles. The summed E-state index contributed by atoms with van der Waals surface area (Å²) in [5.41, 5.74) is 0. The summed E-state index contributed by atoms with van der Waals surface area (Å²) in [7, 11) is 0. The Bertz CT molecular complexity index is 1830. The quantitative estimate of drug-likeness (QED) is 0.0313. The zero-order valence-corrected chi connectivity index (χ0v) is 50.8. The lowest BCUT2D eigenvalue weighted by atomic mass is 9.83. The third kappa shape index (κ3) is 30.9. The smallest absolute Gasteiger partial charge is 0.306 e. The van der Waals surface area contributed by atoms with E-state index in [1.807, 2.05) is 0 Å². The van der Waals surface area contributed by atoms with E-state index in [2.05, 4.69) is 20.8 Å². The molecular formula is C61H102O20. The number of esters is 9. The minimum Gasteiger partial charge on any atom is -0.463 e. The molecule has 3 unspecified atom stereocenters. The maximum Gasteiger partial charge on any atom is 0.306 e. The highest BCUT2D eigenvalue weighted by Crippen LogP contribution is 2.38. The van der Waals surface area contributed by atoms with Crippen LogP contribution in [-0.2, 0) is 95.3 Å². The number of hydrogen-bond acceptors (Lipinski definition) is 20. The largest absolute Gasteiger partial charge is 0.463 e. The summed E-state index contributed by atoms with van der Waals surface area (Å²) in [6.07, 6.45) is 10.2. The van der Waals surface area contributed by atoms with Gasteiger partial charge in [0.25, 0.3) is 0 Å². The zero-order chi connectivity index (χ0) is 60.1. The monoisotopic (exact) mass is 1150 g/mol. The minimum atomic E-state index is -1.97. The predicted octanol–water partition coefficient (Wildman–Crippen LogP) is 11.1. The van der Waals surface area contributed by atoms with Gasteiger partial charge in [0.05, 0.1) is 0 Å². The van der Waals surface area contributed by atoms with Crippen molar-refractivity contribution in [2.75, 3.05) is 6.61 Å². The summed E-state index contributed by atoms with van der Waals surface area (Å²) in [5, 5.41) is 0. The third-order valence-corrected chi connectivity index (χ3v) is 14.5. The molecule has 0 aromatic heterocycles. The molecule has 0 N–H and O–H groups in total. The SMILES string of the molecule is CCCCCCCCCCCCCCCCC(=O)OC[C@H]1O[C@H](OC2[C@@H](OC(C)=O)[C@H](OC(C)=O)C(OC(C)=O)[C@H](OC(C)=O)[C@H]2OC(C)=O)[C@@H](OC(C)=O)[C@@H](OC(C)=O)[C@@H]1OC(=O)CCCCCCCCCC(C)CCCCCC. The third-order valence-electron chi connectivity index (χ3n) is 14.5. The van der Waals surface area contributed by atoms with E-state index < -0.39 is 128 Å². The summed E-state index contributed by atoms with van der Waals surface area (Å²) in [6.45, 7) is 13.3. The molecule has 20 heteroatoms. The average Bonchev–Trinajstić information content (AvgIpc) is 3.52. The van der Waals surface area contributed by atoms with Gasteiger partial charge in [-0.05, 0) is 18.8 Å². The van der Waals surface area contributed by atoms with Crippen molar-refractivity contribution in [1.82, 2.24) is 0 Å². The molecule has 20 nitrogen and oxygen atoms in total. The Kier molecular flexibility index (Phi) is 37.5. The highest BCUT2D eigenvalue weighted by Gasteiger charge is 2.62. The van der Waals surface area contributed by atoms with Gasteiger partial charge in [-0.25, -0.2) is 0 Å². The van der Waals surface area contributed by atoms with Crippen LogP contribution in [0.15, 0.2) is 0 Å². The predicted molar refractivity (Wildman–Crippen MR) is 298 cm³/mol. The van der Waals surface area contributed by atoms with Crippen LogP contribution in [0.3, 0.4) is 0 Å². The fraction of sp³-hybridized carbons (Fsp3) is 0.852. The molecule has 1 saturated carbocycles. The van der Waals surface area contributed by atoms with E-state index in [1.54, 1.807) is 0 Å². The van der Waals surface area contributed by atoms with E-state index in [9.17, 15) is 43.2 Å². The molecule has 12 atom stereocenters. The van der Waals surface area contributed by atoms with Gasteiger partial charge in [0.2, 0.25) is 0 Å². The van der Waals surface area contributed by atoms with Crippen LogP contribution in [0.25, 0.3) is 0 Å². The van der Waals surface area contributed by atoms with Crippen LogP contribution in [0, 0.1) is 5.92 Å². The highest BCUT2D eigenvalue weighted by molar-refractivity contribution is 5.72. The van der Waals surface area contributed by atoms with Gasteiger partial charge in [0.15, 0.2) is 55.1 Å². The number of carbonyl (C=O) groups excluding carboxylic acids is 9. The van der Waals surface area contributed by atoms with E-state index in [4.69, 9.17) is 52.1 Å². The second kappa shape index (κ2) is 42.0. The average molecular weight is 1160 g/mol. The molecule has 81 heavy (non-hydrogen) atoms. The molecule has 2 aliphatic rings. The molecule has 466 valence electrons. The first-order valence-corrected chi connectivity index (χ1v) is 30.5. The standard InChI is InChI=1S/C61H102O20/c1-11-13-15-17-18-19-20-21-22-23-24-27-30-34-38-50(69)71-40-49-52(80-51(70)39-35-31-28-25-26-29-33-37-41(3)36-32-16-14-12-2)53(72-42(4)62)60(78-48(10)68)61(79-49)81-59-57(76-46(8)66)55(74-44(6)64)54(73-43(5)63)56(75-45(7)65)58(59)77-47(9)67/h41,49,52-61H,11-40H2,1-10H3/t41?,49-,52-,53+,54?,55-,56+,57+,58-,59?,60+,61-/m1/s1. The lowest BCUT2D eigenvalue weighted by Gasteiger charge is -2.50. The lowest BCUT2D eigenvalue weighted by Crippen LogP contribution is -2.70. The number of ether oxygens (including phenoxy) is 11. The van der Waals surface area contributed by atoms with E-state index in [1.165, 1.54) is 103 Å². The molecule has 0 aromatic rings. The molecule has 0 bridgehead atoms. The summed E-state index contributed by atoms with van der Waals surface area (Å²) in [4.78, 5) is 117. The summed E-state index contributed by atoms with van der Waals surface area (Å²) >= 11 is 0. The second-order valence-electron chi connectivity index (χ2n) is 22.1. The number of carbonyl (C=O) groups is 9. The Morgan fingerprint density at radius 1 is 0.333 bits per heavy atom. The molecule has 0 spiro atoms. The minimum absolute atomic E-state index is 0.0442. The molecule has 1 aliphatic carbocycles. The first-order chi connectivity index (χ1) is 38.7. The first kappa shape index (κ1) is 72.3. The van der Waals surface area contributed by atoms with Gasteiger partial charge in [-0.2, -0.15) is 0 Å². The van der Waals surface area contributed by atoms with E-state index >= 15 is 0 Å². The van der Waals surface area contributed by atoms with Crippen molar-refractivity contribution in [3.8, 4) is 0 Å². The number of hydrogen-bond donors (Lipinski definition) is 0. The molecular weight excluding hydrogens is 1050 g/mol. The Morgan fingerprint density at radius 3 is 0.975 bits per heavy atom. The highest BCUT2D eigenvalue weighted by atomic mass is 16.8. The van der Waals surface area contributed by atoms with Crippen molar-refractivity contribution in [3.05, 3.63) is 0 Å².